The summed E-state index contributed by atoms with van der Waals surface area (Å²) in [5.74, 6) is 0.401. The molecule has 3 aliphatic heterocycles. The maximum atomic E-state index is 10.8. The van der Waals surface area contributed by atoms with Crippen LogP contribution >= 0.6 is 0 Å². The summed E-state index contributed by atoms with van der Waals surface area (Å²) in [6.45, 7) is 7.09. The molecule has 0 bridgehead atoms. The molecule has 4 rings (SSSR count). The monoisotopic (exact) mass is 341 g/mol. The number of hydrogen-bond acceptors (Lipinski definition) is 5. The molecule has 1 unspecified atom stereocenters. The normalized spacial score (nSPS) is 30.6. The summed E-state index contributed by atoms with van der Waals surface area (Å²) < 4.78 is 5.40. The highest BCUT2D eigenvalue weighted by molar-refractivity contribution is 6.12. The van der Waals surface area contributed by atoms with Crippen molar-refractivity contribution in [2.75, 3.05) is 26.4 Å². The van der Waals surface area contributed by atoms with Gasteiger partial charge in [-0.2, -0.15) is 0 Å². The molecule has 0 aromatic carbocycles. The summed E-state index contributed by atoms with van der Waals surface area (Å²) in [7, 11) is 0. The van der Waals surface area contributed by atoms with Gasteiger partial charge < -0.3 is 9.84 Å². The number of allylic oxidation sites excluding steroid dienone is 3. The SMILES string of the molecule is CC(C)C1=NC2=CC=CC3=NCN(CCC4(O)CCOCC4)C23C=C1. The largest absolute Gasteiger partial charge is 0.390 e. The van der Waals surface area contributed by atoms with E-state index in [9.17, 15) is 5.11 Å². The third-order valence-electron chi connectivity index (χ3n) is 5.81. The Morgan fingerprint density at radius 2 is 2.08 bits per heavy atom. The fourth-order valence-corrected chi connectivity index (χ4v) is 4.08. The van der Waals surface area contributed by atoms with Gasteiger partial charge in [0.1, 0.15) is 5.54 Å². The lowest BCUT2D eigenvalue weighted by Crippen LogP contribution is -2.53. The van der Waals surface area contributed by atoms with Crippen molar-refractivity contribution in [2.45, 2.75) is 44.2 Å². The van der Waals surface area contributed by atoms with Crippen LogP contribution in [-0.4, -0.2) is 59.0 Å². The number of dihydropyridines is 1. The van der Waals surface area contributed by atoms with Gasteiger partial charge in [-0.15, -0.1) is 0 Å². The number of aliphatic hydroxyl groups is 1. The molecule has 0 aromatic rings. The van der Waals surface area contributed by atoms with Gasteiger partial charge >= 0.3 is 0 Å². The van der Waals surface area contributed by atoms with E-state index in [1.165, 1.54) is 0 Å². The van der Waals surface area contributed by atoms with E-state index in [1.807, 2.05) is 6.08 Å². The van der Waals surface area contributed by atoms with Gasteiger partial charge in [0.2, 0.25) is 0 Å². The molecule has 1 fully saturated rings. The van der Waals surface area contributed by atoms with E-state index < -0.39 is 5.60 Å². The van der Waals surface area contributed by atoms with Crippen LogP contribution in [0.25, 0.3) is 0 Å². The van der Waals surface area contributed by atoms with Crippen LogP contribution in [0.1, 0.15) is 33.1 Å². The van der Waals surface area contributed by atoms with Gasteiger partial charge in [0.05, 0.1) is 23.7 Å². The topological polar surface area (TPSA) is 57.4 Å². The second kappa shape index (κ2) is 6.31. The molecule has 5 nitrogen and oxygen atoms in total. The summed E-state index contributed by atoms with van der Waals surface area (Å²) in [6, 6.07) is 0. The Bertz CT molecular complexity index is 696. The van der Waals surface area contributed by atoms with Crippen LogP contribution < -0.4 is 0 Å². The molecule has 1 spiro atoms. The zero-order valence-electron chi connectivity index (χ0n) is 15.1. The predicted octanol–water partition coefficient (Wildman–Crippen LogP) is 2.49. The highest BCUT2D eigenvalue weighted by Gasteiger charge is 2.48. The number of hydrogen-bond donors (Lipinski definition) is 1. The molecule has 0 aromatic heterocycles. The van der Waals surface area contributed by atoms with E-state index >= 15 is 0 Å². The van der Waals surface area contributed by atoms with Gasteiger partial charge in [0.15, 0.2) is 0 Å². The van der Waals surface area contributed by atoms with E-state index in [0.29, 0.717) is 25.8 Å². The predicted molar refractivity (Wildman–Crippen MR) is 100.0 cm³/mol. The van der Waals surface area contributed by atoms with Crippen LogP contribution in [0.4, 0.5) is 0 Å². The van der Waals surface area contributed by atoms with Crippen LogP contribution in [0.2, 0.25) is 0 Å². The summed E-state index contributed by atoms with van der Waals surface area (Å²) in [6.07, 6.45) is 12.8. The lowest BCUT2D eigenvalue weighted by atomic mass is 9.81. The lowest BCUT2D eigenvalue weighted by molar-refractivity contribution is -0.0723. The molecular formula is C20H27N3O2. The molecule has 1 N–H and O–H groups in total. The van der Waals surface area contributed by atoms with E-state index in [1.54, 1.807) is 0 Å². The standard InChI is InChI=1S/C20H27N3O2/c1-15(2)16-6-7-20-17(4-3-5-18(20)22-16)21-14-23(20)11-8-19(24)9-12-25-13-10-19/h3-7,15,24H,8-14H2,1-2H3. The fourth-order valence-electron chi connectivity index (χ4n) is 4.08. The van der Waals surface area contributed by atoms with Gasteiger partial charge in [-0.25, -0.2) is 0 Å². The first-order valence-corrected chi connectivity index (χ1v) is 9.30. The third-order valence-corrected chi connectivity index (χ3v) is 5.81. The smallest absolute Gasteiger partial charge is 0.126 e. The number of ether oxygens (including phenoxy) is 1. The highest BCUT2D eigenvalue weighted by atomic mass is 16.5. The molecule has 134 valence electrons. The highest BCUT2D eigenvalue weighted by Crippen LogP contribution is 2.40. The molecule has 0 radical (unpaired) electrons. The van der Waals surface area contributed by atoms with E-state index in [2.05, 4.69) is 43.1 Å². The molecule has 3 heterocycles. The molecule has 1 aliphatic carbocycles. The van der Waals surface area contributed by atoms with Crippen molar-refractivity contribution < 1.29 is 9.84 Å². The minimum Gasteiger partial charge on any atom is -0.390 e. The average Bonchev–Trinajstić information content (AvgIpc) is 2.97. The van der Waals surface area contributed by atoms with Crippen LogP contribution in [0, 0.1) is 5.92 Å². The van der Waals surface area contributed by atoms with Gasteiger partial charge in [-0.1, -0.05) is 26.0 Å². The summed E-state index contributed by atoms with van der Waals surface area (Å²) in [4.78, 5) is 12.0. The second-order valence-electron chi connectivity index (χ2n) is 7.74. The molecule has 5 heteroatoms. The molecule has 0 saturated carbocycles. The van der Waals surface area contributed by atoms with Crippen molar-refractivity contribution in [3.63, 3.8) is 0 Å². The van der Waals surface area contributed by atoms with Crippen LogP contribution in [0.5, 0.6) is 0 Å². The Labute approximate surface area is 149 Å². The third kappa shape index (κ3) is 2.84. The van der Waals surface area contributed by atoms with E-state index in [4.69, 9.17) is 14.7 Å². The minimum absolute atomic E-state index is 0.353. The second-order valence-corrected chi connectivity index (χ2v) is 7.74. The number of nitrogens with zero attached hydrogens (tertiary/aromatic N) is 3. The molecule has 4 aliphatic rings. The zero-order valence-corrected chi connectivity index (χ0v) is 15.1. The minimum atomic E-state index is -0.614. The number of aliphatic imine (C=N–C) groups is 2. The lowest BCUT2D eigenvalue weighted by Gasteiger charge is -2.42. The Balaban J connectivity index is 1.57. The van der Waals surface area contributed by atoms with Crippen LogP contribution in [0.3, 0.4) is 0 Å². The quantitative estimate of drug-likeness (QED) is 0.855. The Kier molecular flexibility index (Phi) is 4.26. The van der Waals surface area contributed by atoms with Gasteiger partial charge in [-0.3, -0.25) is 14.9 Å². The van der Waals surface area contributed by atoms with Gasteiger partial charge in [0, 0.05) is 25.5 Å². The molecule has 0 amide bonds. The first-order chi connectivity index (χ1) is 12.0. The van der Waals surface area contributed by atoms with E-state index in [0.717, 1.165) is 42.9 Å². The van der Waals surface area contributed by atoms with Crippen molar-refractivity contribution in [1.82, 2.24) is 4.90 Å². The Morgan fingerprint density at radius 1 is 1.28 bits per heavy atom. The van der Waals surface area contributed by atoms with Gasteiger partial charge in [0.25, 0.3) is 0 Å². The Hall–Kier alpha value is -1.56. The maximum Gasteiger partial charge on any atom is 0.126 e. The summed E-state index contributed by atoms with van der Waals surface area (Å²) in [5, 5.41) is 10.8. The molecule has 25 heavy (non-hydrogen) atoms. The molecule has 1 atom stereocenters. The molecule has 1 saturated heterocycles. The maximum absolute atomic E-state index is 10.8. The van der Waals surface area contributed by atoms with Crippen molar-refractivity contribution in [1.29, 1.82) is 0 Å². The number of rotatable bonds is 4. The van der Waals surface area contributed by atoms with Crippen LogP contribution in [-0.2, 0) is 4.74 Å². The van der Waals surface area contributed by atoms with E-state index in [-0.39, 0.29) is 5.54 Å². The fraction of sp³-hybridized carbons (Fsp3) is 0.600. The van der Waals surface area contributed by atoms with Gasteiger partial charge in [-0.05, 0) is 43.4 Å². The first-order valence-electron chi connectivity index (χ1n) is 9.30. The summed E-state index contributed by atoms with van der Waals surface area (Å²) >= 11 is 0. The van der Waals surface area contributed by atoms with Crippen LogP contribution in [0.15, 0.2) is 46.1 Å². The van der Waals surface area contributed by atoms with Crippen molar-refractivity contribution in [2.24, 2.45) is 15.9 Å². The first kappa shape index (κ1) is 16.9. The average molecular weight is 341 g/mol. The molecular weight excluding hydrogens is 314 g/mol. The van der Waals surface area contributed by atoms with Crippen molar-refractivity contribution in [3.8, 4) is 0 Å². The summed E-state index contributed by atoms with van der Waals surface area (Å²) in [5.41, 5.74) is 2.26. The Morgan fingerprint density at radius 3 is 2.84 bits per heavy atom. The van der Waals surface area contributed by atoms with Crippen molar-refractivity contribution >= 4 is 11.4 Å². The van der Waals surface area contributed by atoms with Crippen molar-refractivity contribution in [3.05, 3.63) is 36.1 Å². The zero-order chi connectivity index (χ0) is 17.5.